The molecule has 0 bridgehead atoms. The van der Waals surface area contributed by atoms with Gasteiger partial charge in [0.15, 0.2) is 0 Å². The number of nitrogens with one attached hydrogen (secondary N) is 1. The van der Waals surface area contributed by atoms with E-state index in [2.05, 4.69) is 5.32 Å². The normalized spacial score (nSPS) is 16.6. The number of anilines is 1. The van der Waals surface area contributed by atoms with Gasteiger partial charge in [-0.25, -0.2) is 4.39 Å². The zero-order valence-corrected chi connectivity index (χ0v) is 10.1. The van der Waals surface area contributed by atoms with E-state index in [1.54, 1.807) is 19.1 Å². The number of hydrogen-bond donors (Lipinski definition) is 1. The Morgan fingerprint density at radius 3 is 2.62 bits per heavy atom. The highest BCUT2D eigenvalue weighted by molar-refractivity contribution is 5.85. The van der Waals surface area contributed by atoms with Gasteiger partial charge in [-0.3, -0.25) is 0 Å². The van der Waals surface area contributed by atoms with E-state index in [4.69, 9.17) is 4.74 Å². The standard InChI is InChI=1S/C12H16FNO.ClH/c1-9-2-3-11(8-12(9)13)14-10-4-6-15-7-5-10;/h2-3,8,10,14H,4-7H2,1H3;1H. The molecular weight excluding hydrogens is 229 g/mol. The maximum atomic E-state index is 13.3. The first-order valence-electron chi connectivity index (χ1n) is 5.36. The van der Waals surface area contributed by atoms with Gasteiger partial charge in [-0.2, -0.15) is 0 Å². The van der Waals surface area contributed by atoms with Gasteiger partial charge < -0.3 is 10.1 Å². The molecule has 0 spiro atoms. The number of aryl methyl sites for hydroxylation is 1. The van der Waals surface area contributed by atoms with Crippen molar-refractivity contribution in [2.75, 3.05) is 18.5 Å². The first-order valence-corrected chi connectivity index (χ1v) is 5.36. The molecule has 0 aromatic heterocycles. The summed E-state index contributed by atoms with van der Waals surface area (Å²) in [5.41, 5.74) is 1.55. The predicted octanol–water partition coefficient (Wildman–Crippen LogP) is 3.15. The summed E-state index contributed by atoms with van der Waals surface area (Å²) in [7, 11) is 0. The molecule has 90 valence electrons. The maximum absolute atomic E-state index is 13.3. The molecule has 1 N–H and O–H groups in total. The topological polar surface area (TPSA) is 21.3 Å². The fourth-order valence-corrected chi connectivity index (χ4v) is 1.76. The molecule has 0 amide bonds. The molecule has 1 aliphatic heterocycles. The molecule has 1 heterocycles. The zero-order chi connectivity index (χ0) is 10.7. The zero-order valence-electron chi connectivity index (χ0n) is 9.33. The second-order valence-corrected chi connectivity index (χ2v) is 3.99. The van der Waals surface area contributed by atoms with Gasteiger partial charge in [-0.05, 0) is 37.5 Å². The van der Waals surface area contributed by atoms with Crippen molar-refractivity contribution in [3.63, 3.8) is 0 Å². The highest BCUT2D eigenvalue weighted by Crippen LogP contribution is 2.17. The Bertz CT molecular complexity index is 340. The van der Waals surface area contributed by atoms with Crippen molar-refractivity contribution in [2.45, 2.75) is 25.8 Å². The molecule has 1 fully saturated rings. The van der Waals surface area contributed by atoms with Crippen LogP contribution in [0.2, 0.25) is 0 Å². The van der Waals surface area contributed by atoms with E-state index in [0.29, 0.717) is 11.6 Å². The van der Waals surface area contributed by atoms with Crippen LogP contribution in [-0.2, 0) is 4.74 Å². The van der Waals surface area contributed by atoms with Crippen molar-refractivity contribution in [1.82, 2.24) is 0 Å². The third-order valence-electron chi connectivity index (χ3n) is 2.76. The lowest BCUT2D eigenvalue weighted by molar-refractivity contribution is 0.0904. The van der Waals surface area contributed by atoms with Crippen molar-refractivity contribution in [1.29, 1.82) is 0 Å². The van der Waals surface area contributed by atoms with Crippen molar-refractivity contribution in [3.05, 3.63) is 29.6 Å². The molecule has 0 atom stereocenters. The monoisotopic (exact) mass is 245 g/mol. The summed E-state index contributed by atoms with van der Waals surface area (Å²) in [6, 6.07) is 5.70. The van der Waals surface area contributed by atoms with Crippen molar-refractivity contribution in [2.24, 2.45) is 0 Å². The Labute approximate surface area is 102 Å². The van der Waals surface area contributed by atoms with E-state index in [0.717, 1.165) is 31.7 Å². The van der Waals surface area contributed by atoms with Gasteiger partial charge in [0, 0.05) is 24.9 Å². The van der Waals surface area contributed by atoms with Crippen LogP contribution in [0, 0.1) is 12.7 Å². The van der Waals surface area contributed by atoms with Crippen LogP contribution in [-0.4, -0.2) is 19.3 Å². The largest absolute Gasteiger partial charge is 0.382 e. The van der Waals surface area contributed by atoms with Crippen LogP contribution in [0.25, 0.3) is 0 Å². The van der Waals surface area contributed by atoms with E-state index in [9.17, 15) is 4.39 Å². The van der Waals surface area contributed by atoms with Crippen LogP contribution >= 0.6 is 12.4 Å². The van der Waals surface area contributed by atoms with Gasteiger partial charge in [0.2, 0.25) is 0 Å². The summed E-state index contributed by atoms with van der Waals surface area (Å²) < 4.78 is 18.5. The molecule has 1 aromatic carbocycles. The molecule has 4 heteroatoms. The van der Waals surface area contributed by atoms with E-state index in [1.807, 2.05) is 6.07 Å². The summed E-state index contributed by atoms with van der Waals surface area (Å²) in [6.07, 6.45) is 1.99. The van der Waals surface area contributed by atoms with Crippen LogP contribution < -0.4 is 5.32 Å². The average Bonchev–Trinajstić information content (AvgIpc) is 2.25. The van der Waals surface area contributed by atoms with Gasteiger partial charge in [-0.15, -0.1) is 12.4 Å². The molecule has 0 radical (unpaired) electrons. The Balaban J connectivity index is 0.00000128. The summed E-state index contributed by atoms with van der Waals surface area (Å²) in [6.45, 7) is 3.37. The highest BCUT2D eigenvalue weighted by Gasteiger charge is 2.13. The molecule has 1 aromatic rings. The van der Waals surface area contributed by atoms with Crippen LogP contribution in [0.3, 0.4) is 0 Å². The maximum Gasteiger partial charge on any atom is 0.128 e. The molecule has 2 nitrogen and oxygen atoms in total. The predicted molar refractivity (Wildman–Crippen MR) is 65.8 cm³/mol. The summed E-state index contributed by atoms with van der Waals surface area (Å²) >= 11 is 0. The highest BCUT2D eigenvalue weighted by atomic mass is 35.5. The van der Waals surface area contributed by atoms with Crippen LogP contribution in [0.15, 0.2) is 18.2 Å². The first kappa shape index (κ1) is 13.3. The Morgan fingerprint density at radius 1 is 1.31 bits per heavy atom. The van der Waals surface area contributed by atoms with Crippen molar-refractivity contribution < 1.29 is 9.13 Å². The molecule has 0 saturated carbocycles. The Kier molecular flexibility index (Phi) is 5.03. The van der Waals surface area contributed by atoms with Gasteiger partial charge in [0.25, 0.3) is 0 Å². The van der Waals surface area contributed by atoms with E-state index in [1.165, 1.54) is 0 Å². The Hall–Kier alpha value is -0.800. The molecule has 0 aliphatic carbocycles. The molecular formula is C12H17ClFNO. The van der Waals surface area contributed by atoms with Crippen LogP contribution in [0.4, 0.5) is 10.1 Å². The fourth-order valence-electron chi connectivity index (χ4n) is 1.76. The van der Waals surface area contributed by atoms with Gasteiger partial charge in [0.05, 0.1) is 0 Å². The third-order valence-corrected chi connectivity index (χ3v) is 2.76. The lowest BCUT2D eigenvalue weighted by Crippen LogP contribution is -2.27. The minimum absolute atomic E-state index is 0. The van der Waals surface area contributed by atoms with E-state index >= 15 is 0 Å². The lowest BCUT2D eigenvalue weighted by Gasteiger charge is -2.24. The number of ether oxygens (including phenoxy) is 1. The second-order valence-electron chi connectivity index (χ2n) is 3.99. The summed E-state index contributed by atoms with van der Waals surface area (Å²) in [4.78, 5) is 0. The summed E-state index contributed by atoms with van der Waals surface area (Å²) in [5, 5.41) is 3.33. The van der Waals surface area contributed by atoms with Gasteiger partial charge in [0.1, 0.15) is 5.82 Å². The molecule has 1 aliphatic rings. The lowest BCUT2D eigenvalue weighted by atomic mass is 10.1. The number of halogens is 2. The Morgan fingerprint density at radius 2 is 2.00 bits per heavy atom. The molecule has 1 saturated heterocycles. The van der Waals surface area contributed by atoms with E-state index < -0.39 is 0 Å². The minimum atomic E-state index is -0.146. The number of hydrogen-bond acceptors (Lipinski definition) is 2. The van der Waals surface area contributed by atoms with Gasteiger partial charge >= 0.3 is 0 Å². The average molecular weight is 246 g/mol. The smallest absolute Gasteiger partial charge is 0.128 e. The summed E-state index contributed by atoms with van der Waals surface area (Å²) in [5.74, 6) is -0.146. The second kappa shape index (κ2) is 6.06. The fraction of sp³-hybridized carbons (Fsp3) is 0.500. The SMILES string of the molecule is Cc1ccc(NC2CCOCC2)cc1F.Cl. The number of benzene rings is 1. The van der Waals surface area contributed by atoms with Crippen molar-refractivity contribution in [3.8, 4) is 0 Å². The van der Waals surface area contributed by atoms with Gasteiger partial charge in [-0.1, -0.05) is 6.07 Å². The minimum Gasteiger partial charge on any atom is -0.382 e. The quantitative estimate of drug-likeness (QED) is 0.864. The van der Waals surface area contributed by atoms with E-state index in [-0.39, 0.29) is 18.2 Å². The molecule has 2 rings (SSSR count). The van der Waals surface area contributed by atoms with Crippen LogP contribution in [0.1, 0.15) is 18.4 Å². The third kappa shape index (κ3) is 3.35. The number of rotatable bonds is 2. The molecule has 16 heavy (non-hydrogen) atoms. The first-order chi connectivity index (χ1) is 7.25. The van der Waals surface area contributed by atoms with Crippen molar-refractivity contribution >= 4 is 18.1 Å². The van der Waals surface area contributed by atoms with Crippen LogP contribution in [0.5, 0.6) is 0 Å². The molecule has 0 unspecified atom stereocenters.